The molecule has 0 unspecified atom stereocenters. The molecule has 0 spiro atoms. The van der Waals surface area contributed by atoms with Crippen molar-refractivity contribution in [2.45, 2.75) is 26.1 Å². The summed E-state index contributed by atoms with van der Waals surface area (Å²) < 4.78 is 4.98. The smallest absolute Gasteiger partial charge is 0.286 e. The maximum Gasteiger partial charge on any atom is 0.286 e. The Hall–Kier alpha value is -2.31. The average molecular weight is 350 g/mol. The van der Waals surface area contributed by atoms with E-state index in [1.54, 1.807) is 12.1 Å². The van der Waals surface area contributed by atoms with Crippen LogP contribution in [0.25, 0.3) is 0 Å². The Bertz CT molecular complexity index is 701. The quantitative estimate of drug-likeness (QED) is 0.741. The number of amides is 2. The van der Waals surface area contributed by atoms with Crippen LogP contribution >= 0.6 is 12.4 Å². The van der Waals surface area contributed by atoms with Gasteiger partial charge in [0.2, 0.25) is 5.91 Å². The minimum atomic E-state index is -0.311. The summed E-state index contributed by atoms with van der Waals surface area (Å²) in [4.78, 5) is 23.5. The van der Waals surface area contributed by atoms with Gasteiger partial charge in [0.25, 0.3) is 5.91 Å². The topological polar surface area (TPSA) is 83.4 Å². The van der Waals surface area contributed by atoms with Crippen LogP contribution in [0, 0.1) is 0 Å². The molecule has 3 N–H and O–H groups in total. The third-order valence-corrected chi connectivity index (χ3v) is 3.77. The third kappa shape index (κ3) is 4.59. The van der Waals surface area contributed by atoms with Crippen molar-refractivity contribution >= 4 is 24.2 Å². The molecule has 1 aromatic carbocycles. The number of nitrogens with one attached hydrogen (secondary N) is 3. The molecule has 3 rings (SSSR count). The Kier molecular flexibility index (Phi) is 6.40. The zero-order valence-electron chi connectivity index (χ0n) is 13.1. The van der Waals surface area contributed by atoms with Crippen LogP contribution in [-0.2, 0) is 24.4 Å². The van der Waals surface area contributed by atoms with E-state index >= 15 is 0 Å². The number of carbonyl (C=O) groups excluding carboxylic acids is 2. The summed E-state index contributed by atoms with van der Waals surface area (Å²) in [7, 11) is 0. The first kappa shape index (κ1) is 18.0. The molecule has 0 saturated heterocycles. The lowest BCUT2D eigenvalue weighted by Gasteiger charge is -2.07. The minimum Gasteiger partial charge on any atom is -0.459 e. The summed E-state index contributed by atoms with van der Waals surface area (Å²) in [6, 6.07) is 9.48. The first-order valence-corrected chi connectivity index (χ1v) is 7.62. The van der Waals surface area contributed by atoms with Crippen LogP contribution in [0.1, 0.15) is 33.7 Å². The van der Waals surface area contributed by atoms with Gasteiger partial charge in [0, 0.05) is 32.6 Å². The summed E-state index contributed by atoms with van der Waals surface area (Å²) in [6.45, 7) is 2.57. The van der Waals surface area contributed by atoms with E-state index in [1.807, 2.05) is 6.07 Å². The zero-order valence-corrected chi connectivity index (χ0v) is 13.9. The normalized spacial score (nSPS) is 12.2. The highest BCUT2D eigenvalue weighted by molar-refractivity contribution is 5.91. The largest absolute Gasteiger partial charge is 0.459 e. The average Bonchev–Trinajstić information content (AvgIpc) is 3.23. The Morgan fingerprint density at radius 1 is 1.12 bits per heavy atom. The van der Waals surface area contributed by atoms with Crippen LogP contribution in [0.15, 0.2) is 41.0 Å². The van der Waals surface area contributed by atoms with Crippen molar-refractivity contribution in [3.63, 3.8) is 0 Å². The molecular formula is C17H20ClN3O3. The molecule has 2 heterocycles. The summed E-state index contributed by atoms with van der Waals surface area (Å²) in [6.07, 6.45) is 1.67. The molecule has 0 fully saturated rings. The van der Waals surface area contributed by atoms with Crippen molar-refractivity contribution in [2.75, 3.05) is 6.54 Å². The second-order valence-electron chi connectivity index (χ2n) is 5.47. The van der Waals surface area contributed by atoms with Crippen LogP contribution < -0.4 is 16.0 Å². The Balaban J connectivity index is 0.00000208. The molecule has 2 amide bonds. The maximum absolute atomic E-state index is 11.8. The molecule has 7 heteroatoms. The van der Waals surface area contributed by atoms with Gasteiger partial charge in [-0.25, -0.2) is 0 Å². The lowest BCUT2D eigenvalue weighted by molar-refractivity contribution is -0.121. The minimum absolute atomic E-state index is 0. The van der Waals surface area contributed by atoms with Crippen LogP contribution in [-0.4, -0.2) is 18.4 Å². The van der Waals surface area contributed by atoms with Gasteiger partial charge < -0.3 is 20.4 Å². The van der Waals surface area contributed by atoms with Gasteiger partial charge >= 0.3 is 0 Å². The molecule has 1 aliphatic heterocycles. The molecule has 1 aromatic heterocycles. The fourth-order valence-corrected chi connectivity index (χ4v) is 2.53. The molecule has 1 aliphatic rings. The highest BCUT2D eigenvalue weighted by Gasteiger charge is 2.11. The van der Waals surface area contributed by atoms with Gasteiger partial charge in [0.05, 0.1) is 6.26 Å². The molecule has 0 saturated carbocycles. The fourth-order valence-electron chi connectivity index (χ4n) is 2.53. The predicted molar refractivity (Wildman–Crippen MR) is 91.7 cm³/mol. The van der Waals surface area contributed by atoms with Crippen molar-refractivity contribution in [2.24, 2.45) is 0 Å². The highest BCUT2D eigenvalue weighted by atomic mass is 35.5. The van der Waals surface area contributed by atoms with Gasteiger partial charge in [-0.3, -0.25) is 9.59 Å². The van der Waals surface area contributed by atoms with E-state index < -0.39 is 0 Å². The van der Waals surface area contributed by atoms with Gasteiger partial charge in [0.1, 0.15) is 0 Å². The molecule has 6 nitrogen and oxygen atoms in total. The maximum atomic E-state index is 11.8. The molecule has 0 bridgehead atoms. The van der Waals surface area contributed by atoms with Crippen LogP contribution in [0.4, 0.5) is 0 Å². The molecule has 0 radical (unpaired) electrons. The summed E-state index contributed by atoms with van der Waals surface area (Å²) >= 11 is 0. The number of hydrogen-bond donors (Lipinski definition) is 3. The Morgan fingerprint density at radius 2 is 1.96 bits per heavy atom. The summed E-state index contributed by atoms with van der Waals surface area (Å²) in [5.41, 5.74) is 3.70. The standard InChI is InChI=1S/C17H19N3O3.ClH/c21-16(5-6-19-17(22)15-2-1-7-23-15)20-9-12-3-4-13-10-18-11-14(13)8-12;/h1-4,7-8,18H,5-6,9-11H2,(H,19,22)(H,20,21);1H. The van der Waals surface area contributed by atoms with E-state index in [0.717, 1.165) is 18.7 Å². The van der Waals surface area contributed by atoms with E-state index in [2.05, 4.69) is 28.1 Å². The Morgan fingerprint density at radius 3 is 2.75 bits per heavy atom. The Labute approximate surface area is 146 Å². The van der Waals surface area contributed by atoms with E-state index in [1.165, 1.54) is 17.4 Å². The van der Waals surface area contributed by atoms with E-state index in [9.17, 15) is 9.59 Å². The van der Waals surface area contributed by atoms with Crippen molar-refractivity contribution in [1.29, 1.82) is 0 Å². The van der Waals surface area contributed by atoms with E-state index in [-0.39, 0.29) is 42.9 Å². The van der Waals surface area contributed by atoms with Gasteiger partial charge in [0.15, 0.2) is 5.76 Å². The SMILES string of the molecule is Cl.O=C(CCNC(=O)c1ccco1)NCc1ccc2c(c1)CNC2. The highest BCUT2D eigenvalue weighted by Crippen LogP contribution is 2.16. The number of benzene rings is 1. The van der Waals surface area contributed by atoms with Gasteiger partial charge in [-0.1, -0.05) is 18.2 Å². The lowest BCUT2D eigenvalue weighted by Crippen LogP contribution is -2.30. The number of halogens is 1. The van der Waals surface area contributed by atoms with Crippen LogP contribution in [0.3, 0.4) is 0 Å². The zero-order chi connectivity index (χ0) is 16.1. The van der Waals surface area contributed by atoms with E-state index in [0.29, 0.717) is 6.54 Å². The molecule has 0 aliphatic carbocycles. The van der Waals surface area contributed by atoms with E-state index in [4.69, 9.17) is 4.42 Å². The number of rotatable bonds is 6. The molecule has 2 aromatic rings. The van der Waals surface area contributed by atoms with Crippen LogP contribution in [0.5, 0.6) is 0 Å². The molecular weight excluding hydrogens is 330 g/mol. The number of carbonyl (C=O) groups is 2. The van der Waals surface area contributed by atoms with Crippen molar-refractivity contribution in [3.8, 4) is 0 Å². The first-order chi connectivity index (χ1) is 11.2. The summed E-state index contributed by atoms with van der Waals surface area (Å²) in [5.74, 6) is -0.158. The van der Waals surface area contributed by atoms with Gasteiger partial charge in [-0.05, 0) is 28.8 Å². The summed E-state index contributed by atoms with van der Waals surface area (Å²) in [5, 5.41) is 8.81. The van der Waals surface area contributed by atoms with Crippen molar-refractivity contribution < 1.29 is 14.0 Å². The van der Waals surface area contributed by atoms with Crippen LogP contribution in [0.2, 0.25) is 0 Å². The fraction of sp³-hybridized carbons (Fsp3) is 0.294. The lowest BCUT2D eigenvalue weighted by atomic mass is 10.1. The van der Waals surface area contributed by atoms with Crippen molar-refractivity contribution in [1.82, 2.24) is 16.0 Å². The predicted octanol–water partition coefficient (Wildman–Crippen LogP) is 1.74. The van der Waals surface area contributed by atoms with Gasteiger partial charge in [-0.2, -0.15) is 0 Å². The second-order valence-corrected chi connectivity index (χ2v) is 5.47. The number of fused-ring (bicyclic) bond motifs is 1. The molecule has 128 valence electrons. The van der Waals surface area contributed by atoms with Crippen molar-refractivity contribution in [3.05, 3.63) is 59.0 Å². The van der Waals surface area contributed by atoms with Gasteiger partial charge in [-0.15, -0.1) is 12.4 Å². The monoisotopic (exact) mass is 349 g/mol. The molecule has 24 heavy (non-hydrogen) atoms. The number of hydrogen-bond acceptors (Lipinski definition) is 4. The third-order valence-electron chi connectivity index (χ3n) is 3.77. The first-order valence-electron chi connectivity index (χ1n) is 7.62. The number of furan rings is 1. The molecule has 0 atom stereocenters. The second kappa shape index (κ2) is 8.52.